The summed E-state index contributed by atoms with van der Waals surface area (Å²) in [5.41, 5.74) is 0.439. The molecule has 0 aromatic heterocycles. The van der Waals surface area contributed by atoms with Crippen LogP contribution < -0.4 is 5.32 Å². The van der Waals surface area contributed by atoms with Gasteiger partial charge in [0.2, 0.25) is 0 Å². The first-order valence-corrected chi connectivity index (χ1v) is 6.89. The number of hydrogen-bond acceptors (Lipinski definition) is 3. The van der Waals surface area contributed by atoms with Crippen molar-refractivity contribution in [1.29, 1.82) is 0 Å². The summed E-state index contributed by atoms with van der Waals surface area (Å²) in [6.45, 7) is 10.6. The van der Waals surface area contributed by atoms with Gasteiger partial charge in [-0.1, -0.05) is 20.8 Å². The van der Waals surface area contributed by atoms with Crippen LogP contribution in [0.15, 0.2) is 0 Å². The molecule has 3 nitrogen and oxygen atoms in total. The molecule has 1 N–H and O–H groups in total. The predicted molar refractivity (Wildman–Crippen MR) is 75.5 cm³/mol. The van der Waals surface area contributed by atoms with Crippen molar-refractivity contribution in [2.45, 2.75) is 45.7 Å². The van der Waals surface area contributed by atoms with Crippen LogP contribution in [0.5, 0.6) is 0 Å². The van der Waals surface area contributed by atoms with Gasteiger partial charge in [-0.15, -0.1) is 0 Å². The van der Waals surface area contributed by atoms with E-state index in [1.165, 1.54) is 32.5 Å². The highest BCUT2D eigenvalue weighted by molar-refractivity contribution is 4.88. The van der Waals surface area contributed by atoms with Gasteiger partial charge in [-0.3, -0.25) is 4.90 Å². The van der Waals surface area contributed by atoms with Crippen LogP contribution in [0.3, 0.4) is 0 Å². The molecular weight excluding hydrogens is 210 g/mol. The highest BCUT2D eigenvalue weighted by Gasteiger charge is 2.29. The van der Waals surface area contributed by atoms with Gasteiger partial charge in [0.15, 0.2) is 0 Å². The van der Waals surface area contributed by atoms with Crippen LogP contribution in [0.2, 0.25) is 0 Å². The van der Waals surface area contributed by atoms with Gasteiger partial charge in [0.1, 0.15) is 0 Å². The summed E-state index contributed by atoms with van der Waals surface area (Å²) in [7, 11) is 6.60. The fourth-order valence-corrected chi connectivity index (χ4v) is 2.60. The van der Waals surface area contributed by atoms with E-state index in [0.717, 1.165) is 0 Å². The Morgan fingerprint density at radius 2 is 1.88 bits per heavy atom. The van der Waals surface area contributed by atoms with Crippen LogP contribution in [0.25, 0.3) is 0 Å². The molecule has 0 aliphatic carbocycles. The lowest BCUT2D eigenvalue weighted by atomic mass is 9.86. The summed E-state index contributed by atoms with van der Waals surface area (Å²) < 4.78 is 0. The Bertz CT molecular complexity index is 222. The lowest BCUT2D eigenvalue weighted by Gasteiger charge is -2.42. The summed E-state index contributed by atoms with van der Waals surface area (Å²) >= 11 is 0. The van der Waals surface area contributed by atoms with Gasteiger partial charge in [0.25, 0.3) is 0 Å². The van der Waals surface area contributed by atoms with Crippen LogP contribution in [0.1, 0.15) is 33.6 Å². The molecule has 1 aliphatic heterocycles. The van der Waals surface area contributed by atoms with Crippen molar-refractivity contribution in [2.24, 2.45) is 5.41 Å². The summed E-state index contributed by atoms with van der Waals surface area (Å²) in [4.78, 5) is 4.97. The highest BCUT2D eigenvalue weighted by atomic mass is 15.3. The number of nitrogens with one attached hydrogen (secondary N) is 1. The van der Waals surface area contributed by atoms with Crippen molar-refractivity contribution in [3.8, 4) is 0 Å². The Hall–Kier alpha value is -0.120. The number of piperazine rings is 1. The summed E-state index contributed by atoms with van der Waals surface area (Å²) in [6.07, 6.45) is 2.55. The zero-order chi connectivity index (χ0) is 13.1. The maximum Gasteiger partial charge on any atom is 0.0373 e. The first kappa shape index (κ1) is 14.9. The highest BCUT2D eigenvalue weighted by Crippen LogP contribution is 2.24. The van der Waals surface area contributed by atoms with Crippen LogP contribution in [-0.2, 0) is 0 Å². The molecule has 0 radical (unpaired) electrons. The Morgan fingerprint density at radius 3 is 2.41 bits per heavy atom. The smallest absolute Gasteiger partial charge is 0.0373 e. The third-order valence-corrected chi connectivity index (χ3v) is 3.94. The van der Waals surface area contributed by atoms with Crippen LogP contribution in [-0.4, -0.2) is 62.7 Å². The second kappa shape index (κ2) is 6.17. The third kappa shape index (κ3) is 4.94. The average Bonchev–Trinajstić information content (AvgIpc) is 2.22. The van der Waals surface area contributed by atoms with Gasteiger partial charge in [-0.25, -0.2) is 0 Å². The van der Waals surface area contributed by atoms with E-state index in [1.807, 2.05) is 0 Å². The molecule has 0 amide bonds. The first-order valence-electron chi connectivity index (χ1n) is 6.89. The number of nitrogens with zero attached hydrogens (tertiary/aromatic N) is 2. The zero-order valence-electron chi connectivity index (χ0n) is 12.6. The molecule has 0 bridgehead atoms. The minimum Gasteiger partial charge on any atom is -0.315 e. The molecule has 2 atom stereocenters. The van der Waals surface area contributed by atoms with Crippen molar-refractivity contribution >= 4 is 0 Å². The van der Waals surface area contributed by atoms with Crippen molar-refractivity contribution in [3.05, 3.63) is 0 Å². The predicted octanol–water partition coefficient (Wildman–Crippen LogP) is 1.65. The molecule has 3 heteroatoms. The van der Waals surface area contributed by atoms with Crippen molar-refractivity contribution in [1.82, 2.24) is 15.1 Å². The molecule has 1 fully saturated rings. The van der Waals surface area contributed by atoms with Gasteiger partial charge in [-0.2, -0.15) is 0 Å². The quantitative estimate of drug-likeness (QED) is 0.807. The first-order chi connectivity index (χ1) is 7.83. The van der Waals surface area contributed by atoms with Gasteiger partial charge in [0.05, 0.1) is 0 Å². The molecule has 1 rings (SSSR count). The topological polar surface area (TPSA) is 18.5 Å². The average molecular weight is 241 g/mol. The molecule has 1 aliphatic rings. The largest absolute Gasteiger partial charge is 0.315 e. The summed E-state index contributed by atoms with van der Waals surface area (Å²) in [6, 6.07) is 1.27. The molecule has 17 heavy (non-hydrogen) atoms. The van der Waals surface area contributed by atoms with E-state index in [4.69, 9.17) is 0 Å². The molecule has 1 heterocycles. The van der Waals surface area contributed by atoms with E-state index in [1.54, 1.807) is 0 Å². The number of rotatable bonds is 4. The van der Waals surface area contributed by atoms with E-state index in [0.29, 0.717) is 17.5 Å². The van der Waals surface area contributed by atoms with Gasteiger partial charge in [0, 0.05) is 31.7 Å². The molecule has 0 aromatic rings. The second-order valence-electron chi connectivity index (χ2n) is 6.80. The summed E-state index contributed by atoms with van der Waals surface area (Å²) in [5.74, 6) is 0. The fourth-order valence-electron chi connectivity index (χ4n) is 2.60. The van der Waals surface area contributed by atoms with Crippen molar-refractivity contribution in [3.63, 3.8) is 0 Å². The Morgan fingerprint density at radius 1 is 1.24 bits per heavy atom. The molecule has 0 spiro atoms. The number of likely N-dealkylation sites (N-methyl/N-ethyl adjacent to an activating group) is 3. The van der Waals surface area contributed by atoms with E-state index < -0.39 is 0 Å². The SMILES string of the molecule is CNC(CCC(C)(C)C)C1CN(C)CCN1C. The monoisotopic (exact) mass is 241 g/mol. The molecular formula is C14H31N3. The zero-order valence-corrected chi connectivity index (χ0v) is 12.6. The van der Waals surface area contributed by atoms with Gasteiger partial charge in [-0.05, 0) is 39.4 Å². The fraction of sp³-hybridized carbons (Fsp3) is 1.00. The van der Waals surface area contributed by atoms with Gasteiger partial charge < -0.3 is 10.2 Å². The lowest BCUT2D eigenvalue weighted by molar-refractivity contribution is 0.0839. The van der Waals surface area contributed by atoms with Crippen LogP contribution >= 0.6 is 0 Å². The van der Waals surface area contributed by atoms with E-state index in [2.05, 4.69) is 57.0 Å². The summed E-state index contributed by atoms with van der Waals surface area (Å²) in [5, 5.41) is 3.53. The second-order valence-corrected chi connectivity index (χ2v) is 6.80. The minimum absolute atomic E-state index is 0.439. The van der Waals surface area contributed by atoms with E-state index >= 15 is 0 Å². The molecule has 102 valence electrons. The van der Waals surface area contributed by atoms with Crippen LogP contribution in [0.4, 0.5) is 0 Å². The Balaban J connectivity index is 2.53. The van der Waals surface area contributed by atoms with Crippen molar-refractivity contribution < 1.29 is 0 Å². The standard InChI is InChI=1S/C14H31N3/c1-14(2,3)8-7-12(15-4)13-11-16(5)9-10-17(13)6/h12-13,15H,7-11H2,1-6H3. The maximum atomic E-state index is 3.53. The molecule has 0 aromatic carbocycles. The Labute approximate surface area is 108 Å². The van der Waals surface area contributed by atoms with Crippen molar-refractivity contribution in [2.75, 3.05) is 40.8 Å². The van der Waals surface area contributed by atoms with E-state index in [-0.39, 0.29) is 0 Å². The molecule has 0 saturated carbocycles. The minimum atomic E-state index is 0.439. The molecule has 2 unspecified atom stereocenters. The van der Waals surface area contributed by atoms with Gasteiger partial charge >= 0.3 is 0 Å². The number of hydrogen-bond donors (Lipinski definition) is 1. The van der Waals surface area contributed by atoms with E-state index in [9.17, 15) is 0 Å². The Kier molecular flexibility index (Phi) is 5.42. The van der Waals surface area contributed by atoms with Crippen LogP contribution in [0, 0.1) is 5.41 Å². The lowest BCUT2D eigenvalue weighted by Crippen LogP contribution is -2.58. The molecule has 1 saturated heterocycles. The third-order valence-electron chi connectivity index (χ3n) is 3.94. The maximum absolute atomic E-state index is 3.53. The normalized spacial score (nSPS) is 26.1.